The molecule has 0 fully saturated rings. The van der Waals surface area contributed by atoms with E-state index in [1.54, 1.807) is 0 Å². The first-order chi connectivity index (χ1) is 7.65. The van der Waals surface area contributed by atoms with E-state index >= 15 is 0 Å². The summed E-state index contributed by atoms with van der Waals surface area (Å²) in [5, 5.41) is 0.970. The van der Waals surface area contributed by atoms with Crippen molar-refractivity contribution in [2.75, 3.05) is 5.43 Å². The molecule has 1 heterocycles. The zero-order valence-corrected chi connectivity index (χ0v) is 9.34. The third-order valence-electron chi connectivity index (χ3n) is 2.70. The minimum atomic E-state index is -0.273. The minimum absolute atomic E-state index is 0.273. The summed E-state index contributed by atoms with van der Waals surface area (Å²) in [5.41, 5.74) is 5.09. The first kappa shape index (κ1) is 10.8. The van der Waals surface area contributed by atoms with E-state index < -0.39 is 0 Å². The number of pyridine rings is 1. The molecule has 0 saturated heterocycles. The quantitative estimate of drug-likeness (QED) is 0.602. The Morgan fingerprint density at radius 1 is 1.38 bits per heavy atom. The summed E-state index contributed by atoms with van der Waals surface area (Å²) in [6.07, 6.45) is 0.833. The molecule has 1 aromatic heterocycles. The van der Waals surface area contributed by atoms with Gasteiger partial charge in [0.1, 0.15) is 11.6 Å². The van der Waals surface area contributed by atoms with Crippen LogP contribution in [0.25, 0.3) is 10.9 Å². The number of halogens is 1. The van der Waals surface area contributed by atoms with Crippen LogP contribution in [0.3, 0.4) is 0 Å². The Morgan fingerprint density at radius 2 is 2.12 bits per heavy atom. The maximum Gasteiger partial charge on any atom is 0.143 e. The van der Waals surface area contributed by atoms with Crippen LogP contribution in [0.15, 0.2) is 18.2 Å². The number of hydrazine groups is 1. The standard InChI is InChI=1S/C12H14FN3/c1-3-8-5-10-7(2)4-9(13)6-11(10)15-12(8)16-14/h4-6H,3,14H2,1-2H3,(H,15,16). The van der Waals surface area contributed by atoms with E-state index in [0.29, 0.717) is 11.3 Å². The van der Waals surface area contributed by atoms with E-state index in [1.807, 2.05) is 19.9 Å². The molecule has 3 N–H and O–H groups in total. The second kappa shape index (κ2) is 4.06. The van der Waals surface area contributed by atoms with Crippen molar-refractivity contribution in [1.29, 1.82) is 0 Å². The number of benzene rings is 1. The molecule has 0 aliphatic carbocycles. The van der Waals surface area contributed by atoms with Crippen molar-refractivity contribution in [3.05, 3.63) is 35.1 Å². The molecule has 0 saturated carbocycles. The van der Waals surface area contributed by atoms with Crippen LogP contribution in [0.2, 0.25) is 0 Å². The van der Waals surface area contributed by atoms with Gasteiger partial charge in [-0.05, 0) is 36.6 Å². The van der Waals surface area contributed by atoms with Crippen LogP contribution in [-0.4, -0.2) is 4.98 Å². The van der Waals surface area contributed by atoms with Gasteiger partial charge in [0.05, 0.1) is 5.52 Å². The van der Waals surface area contributed by atoms with Gasteiger partial charge in [0.2, 0.25) is 0 Å². The van der Waals surface area contributed by atoms with Crippen LogP contribution >= 0.6 is 0 Å². The number of aryl methyl sites for hydroxylation is 2. The summed E-state index contributed by atoms with van der Waals surface area (Å²) in [7, 11) is 0. The molecule has 2 rings (SSSR count). The highest BCUT2D eigenvalue weighted by Crippen LogP contribution is 2.24. The molecule has 3 nitrogen and oxygen atoms in total. The van der Waals surface area contributed by atoms with Crippen LogP contribution < -0.4 is 11.3 Å². The number of nitrogens with two attached hydrogens (primary N) is 1. The molecule has 4 heteroatoms. The van der Waals surface area contributed by atoms with Gasteiger partial charge < -0.3 is 5.43 Å². The molecule has 84 valence electrons. The molecule has 0 atom stereocenters. The van der Waals surface area contributed by atoms with Crippen molar-refractivity contribution < 1.29 is 4.39 Å². The van der Waals surface area contributed by atoms with Crippen molar-refractivity contribution in [2.45, 2.75) is 20.3 Å². The van der Waals surface area contributed by atoms with Crippen molar-refractivity contribution in [1.82, 2.24) is 4.98 Å². The average Bonchev–Trinajstić information content (AvgIpc) is 2.27. The summed E-state index contributed by atoms with van der Waals surface area (Å²) in [6.45, 7) is 3.91. The third-order valence-corrected chi connectivity index (χ3v) is 2.70. The van der Waals surface area contributed by atoms with Crippen LogP contribution in [0.4, 0.5) is 10.2 Å². The molecule has 2 aromatic rings. The molecular weight excluding hydrogens is 205 g/mol. The molecule has 0 bridgehead atoms. The number of nitrogens with one attached hydrogen (secondary N) is 1. The zero-order valence-electron chi connectivity index (χ0n) is 9.34. The van der Waals surface area contributed by atoms with E-state index in [9.17, 15) is 4.39 Å². The van der Waals surface area contributed by atoms with Gasteiger partial charge in [-0.1, -0.05) is 6.92 Å². The lowest BCUT2D eigenvalue weighted by atomic mass is 10.1. The van der Waals surface area contributed by atoms with E-state index in [-0.39, 0.29) is 5.82 Å². The number of hydrogen-bond donors (Lipinski definition) is 2. The fourth-order valence-corrected chi connectivity index (χ4v) is 1.85. The van der Waals surface area contributed by atoms with Crippen LogP contribution in [-0.2, 0) is 6.42 Å². The molecule has 0 aliphatic rings. The number of nitrogens with zero attached hydrogens (tertiary/aromatic N) is 1. The number of fused-ring (bicyclic) bond motifs is 1. The first-order valence-corrected chi connectivity index (χ1v) is 5.22. The lowest BCUT2D eigenvalue weighted by Crippen LogP contribution is -2.11. The molecule has 0 radical (unpaired) electrons. The molecular formula is C12H14FN3. The summed E-state index contributed by atoms with van der Waals surface area (Å²) < 4.78 is 13.2. The first-order valence-electron chi connectivity index (χ1n) is 5.22. The molecule has 1 aromatic carbocycles. The monoisotopic (exact) mass is 219 g/mol. The van der Waals surface area contributed by atoms with E-state index in [2.05, 4.69) is 10.4 Å². The normalized spacial score (nSPS) is 10.8. The number of anilines is 1. The van der Waals surface area contributed by atoms with Gasteiger partial charge in [0, 0.05) is 11.5 Å². The third kappa shape index (κ3) is 1.72. The number of nitrogen functional groups attached to an aromatic ring is 1. The smallest absolute Gasteiger partial charge is 0.143 e. The van der Waals surface area contributed by atoms with Crippen LogP contribution in [0, 0.1) is 12.7 Å². The van der Waals surface area contributed by atoms with Gasteiger partial charge in [-0.25, -0.2) is 15.2 Å². The highest BCUT2D eigenvalue weighted by molar-refractivity contribution is 5.84. The highest BCUT2D eigenvalue weighted by Gasteiger charge is 2.07. The fourth-order valence-electron chi connectivity index (χ4n) is 1.85. The Balaban J connectivity index is 2.78. The van der Waals surface area contributed by atoms with E-state index in [1.165, 1.54) is 12.1 Å². The van der Waals surface area contributed by atoms with Gasteiger partial charge in [-0.15, -0.1) is 0 Å². The molecule has 0 unspecified atom stereocenters. The Labute approximate surface area is 93.5 Å². The van der Waals surface area contributed by atoms with Crippen LogP contribution in [0.1, 0.15) is 18.1 Å². The number of aromatic nitrogens is 1. The van der Waals surface area contributed by atoms with Gasteiger partial charge in [-0.2, -0.15) is 0 Å². The zero-order chi connectivity index (χ0) is 11.7. The van der Waals surface area contributed by atoms with Crippen molar-refractivity contribution in [3.63, 3.8) is 0 Å². The second-order valence-electron chi connectivity index (χ2n) is 3.78. The van der Waals surface area contributed by atoms with E-state index in [0.717, 1.165) is 22.9 Å². The minimum Gasteiger partial charge on any atom is -0.308 e. The summed E-state index contributed by atoms with van der Waals surface area (Å²) >= 11 is 0. The van der Waals surface area contributed by atoms with Crippen molar-refractivity contribution in [2.24, 2.45) is 5.84 Å². The maximum atomic E-state index is 13.2. The molecule has 0 spiro atoms. The Kier molecular flexibility index (Phi) is 2.75. The molecule has 0 amide bonds. The lowest BCUT2D eigenvalue weighted by Gasteiger charge is -2.09. The second-order valence-corrected chi connectivity index (χ2v) is 3.78. The van der Waals surface area contributed by atoms with Gasteiger partial charge in [0.25, 0.3) is 0 Å². The lowest BCUT2D eigenvalue weighted by molar-refractivity contribution is 0.628. The number of hydrogen-bond acceptors (Lipinski definition) is 3. The Morgan fingerprint density at radius 3 is 2.75 bits per heavy atom. The molecule has 16 heavy (non-hydrogen) atoms. The predicted molar refractivity (Wildman–Crippen MR) is 63.6 cm³/mol. The van der Waals surface area contributed by atoms with Gasteiger partial charge >= 0.3 is 0 Å². The van der Waals surface area contributed by atoms with Gasteiger partial charge in [0.15, 0.2) is 0 Å². The van der Waals surface area contributed by atoms with Crippen LogP contribution in [0.5, 0.6) is 0 Å². The highest BCUT2D eigenvalue weighted by atomic mass is 19.1. The summed E-state index contributed by atoms with van der Waals surface area (Å²) in [5.74, 6) is 5.72. The fraction of sp³-hybridized carbons (Fsp3) is 0.250. The van der Waals surface area contributed by atoms with Gasteiger partial charge in [-0.3, -0.25) is 0 Å². The van der Waals surface area contributed by atoms with Crippen molar-refractivity contribution >= 4 is 16.7 Å². The average molecular weight is 219 g/mol. The van der Waals surface area contributed by atoms with Crippen molar-refractivity contribution in [3.8, 4) is 0 Å². The predicted octanol–water partition coefficient (Wildman–Crippen LogP) is 2.53. The topological polar surface area (TPSA) is 50.9 Å². The Hall–Kier alpha value is -1.68. The SMILES string of the molecule is CCc1cc2c(C)cc(F)cc2nc1NN. The summed E-state index contributed by atoms with van der Waals surface area (Å²) in [4.78, 5) is 4.31. The number of rotatable bonds is 2. The largest absolute Gasteiger partial charge is 0.308 e. The van der Waals surface area contributed by atoms with E-state index in [4.69, 9.17) is 5.84 Å². The Bertz CT molecular complexity index is 537. The maximum absolute atomic E-state index is 13.2. The molecule has 0 aliphatic heterocycles. The summed E-state index contributed by atoms with van der Waals surface area (Å²) in [6, 6.07) is 4.94.